The van der Waals surface area contributed by atoms with Crippen molar-refractivity contribution in [1.82, 2.24) is 0 Å². The lowest BCUT2D eigenvalue weighted by molar-refractivity contribution is -0.161. The third kappa shape index (κ3) is 36.2. The second-order valence-electron chi connectivity index (χ2n) is 13.7. The van der Waals surface area contributed by atoms with Crippen LogP contribution in [0.3, 0.4) is 0 Å². The van der Waals surface area contributed by atoms with Crippen molar-refractivity contribution in [2.75, 3.05) is 27.0 Å². The maximum absolute atomic E-state index is 12.5. The van der Waals surface area contributed by atoms with Gasteiger partial charge in [0.05, 0.1) is 6.61 Å². The number of allylic oxidation sites excluding steroid dienone is 4. The Morgan fingerprint density at radius 2 is 0.898 bits per heavy atom. The van der Waals surface area contributed by atoms with E-state index in [0.717, 1.165) is 57.8 Å². The van der Waals surface area contributed by atoms with Crippen LogP contribution in [0, 0.1) is 0 Å². The number of carbonyl (C=O) groups excluding carboxylic acids is 2. The fourth-order valence-corrected chi connectivity index (χ4v) is 6.11. The third-order valence-electron chi connectivity index (χ3n) is 8.84. The Hall–Kier alpha value is -1.43. The Labute approximate surface area is 302 Å². The lowest BCUT2D eigenvalue weighted by Crippen LogP contribution is -2.29. The number of esters is 2. The first-order valence-corrected chi connectivity index (χ1v) is 22.3. The van der Waals surface area contributed by atoms with Crippen LogP contribution in [-0.4, -0.2) is 45.0 Å². The van der Waals surface area contributed by atoms with Gasteiger partial charge in [0.25, 0.3) is 0 Å². The predicted molar refractivity (Wildman–Crippen MR) is 206 cm³/mol. The molecule has 0 spiro atoms. The highest BCUT2D eigenvalue weighted by Gasteiger charge is 2.22. The molecule has 0 aromatic carbocycles. The molecule has 2 atom stereocenters. The molecule has 0 aromatic heterocycles. The maximum atomic E-state index is 12.5. The molecule has 0 fully saturated rings. The molecule has 0 radical (unpaired) electrons. The van der Waals surface area contributed by atoms with Gasteiger partial charge >= 0.3 is 19.5 Å². The third-order valence-corrected chi connectivity index (χ3v) is 10.1. The molecule has 288 valence electrons. The Bertz CT molecular complexity index is 857. The van der Waals surface area contributed by atoms with Crippen molar-refractivity contribution in [3.8, 4) is 0 Å². The molecule has 7 nitrogen and oxygen atoms in total. The summed E-state index contributed by atoms with van der Waals surface area (Å²) in [5, 5.41) is 0. The van der Waals surface area contributed by atoms with E-state index in [2.05, 4.69) is 38.2 Å². The Kier molecular flexibility index (Phi) is 35.3. The molecule has 0 saturated heterocycles. The van der Waals surface area contributed by atoms with Gasteiger partial charge in [-0.15, -0.1) is 0 Å². The summed E-state index contributed by atoms with van der Waals surface area (Å²) < 4.78 is 33.4. The van der Waals surface area contributed by atoms with Gasteiger partial charge in [-0.25, -0.2) is 0 Å². The monoisotopic (exact) mass is 713 g/mol. The maximum Gasteiger partial charge on any atom is 0.327 e. The Balaban J connectivity index is 4.05. The summed E-state index contributed by atoms with van der Waals surface area (Å²) in [5.74, 6) is -0.676. The predicted octanol–water partition coefficient (Wildman–Crippen LogP) is 13.0. The van der Waals surface area contributed by atoms with E-state index in [1.807, 2.05) is 0 Å². The number of rotatable bonds is 37. The molecule has 8 heteroatoms. The highest BCUT2D eigenvalue weighted by molar-refractivity contribution is 7.52. The fourth-order valence-electron chi connectivity index (χ4n) is 5.57. The summed E-state index contributed by atoms with van der Waals surface area (Å²) >= 11 is 0. The molecular weight excluding hydrogens is 635 g/mol. The summed E-state index contributed by atoms with van der Waals surface area (Å²) in [6, 6.07) is 0. The smallest absolute Gasteiger partial charge is 0.327 e. The van der Waals surface area contributed by atoms with Crippen LogP contribution in [0.4, 0.5) is 0 Å². The minimum Gasteiger partial charge on any atom is -0.462 e. The van der Waals surface area contributed by atoms with E-state index in [-0.39, 0.29) is 25.2 Å². The van der Waals surface area contributed by atoms with Crippen molar-refractivity contribution in [3.05, 3.63) is 24.3 Å². The summed E-state index contributed by atoms with van der Waals surface area (Å²) in [5.41, 5.74) is 0. The number of hydrogen-bond donors (Lipinski definition) is 0. The molecule has 0 aliphatic rings. The van der Waals surface area contributed by atoms with Gasteiger partial charge in [0, 0.05) is 26.6 Å². The largest absolute Gasteiger partial charge is 0.462 e. The zero-order chi connectivity index (χ0) is 36.1. The van der Waals surface area contributed by atoms with Gasteiger partial charge in [-0.2, -0.15) is 0 Å². The van der Waals surface area contributed by atoms with Gasteiger partial charge in [-0.05, 0) is 64.2 Å². The summed E-state index contributed by atoms with van der Waals surface area (Å²) in [4.78, 5) is 24.9. The number of hydrogen-bond acceptors (Lipinski definition) is 7. The SMILES string of the molecule is CCCCCCCC/C=C\CCCCCCCC(=O)OC[C@H](COP(C)(=O)OC)OC(=O)CCCCCCC/C=C\CCCCCCCC. The van der Waals surface area contributed by atoms with Crippen molar-refractivity contribution >= 4 is 19.5 Å². The van der Waals surface area contributed by atoms with E-state index in [1.165, 1.54) is 123 Å². The van der Waals surface area contributed by atoms with E-state index >= 15 is 0 Å². The van der Waals surface area contributed by atoms with Crippen molar-refractivity contribution in [2.45, 2.75) is 200 Å². The average Bonchev–Trinajstić information content (AvgIpc) is 3.09. The summed E-state index contributed by atoms with van der Waals surface area (Å²) in [6.45, 7) is 5.59. The second kappa shape index (κ2) is 36.4. The zero-order valence-corrected chi connectivity index (χ0v) is 33.3. The van der Waals surface area contributed by atoms with Gasteiger partial charge in [0.15, 0.2) is 6.10 Å². The minimum absolute atomic E-state index is 0.119. The Morgan fingerprint density at radius 3 is 1.31 bits per heavy atom. The molecule has 0 aromatic rings. The van der Waals surface area contributed by atoms with Crippen LogP contribution in [0.1, 0.15) is 194 Å². The zero-order valence-electron chi connectivity index (χ0n) is 32.4. The summed E-state index contributed by atoms with van der Waals surface area (Å²) in [7, 11) is -1.95. The van der Waals surface area contributed by atoms with Crippen LogP contribution in [0.2, 0.25) is 0 Å². The van der Waals surface area contributed by atoms with Crippen LogP contribution in [0.25, 0.3) is 0 Å². The van der Waals surface area contributed by atoms with Crippen LogP contribution in [0.15, 0.2) is 24.3 Å². The normalized spacial score (nSPS) is 13.6. The van der Waals surface area contributed by atoms with E-state index in [1.54, 1.807) is 0 Å². The van der Waals surface area contributed by atoms with Crippen molar-refractivity contribution < 1.29 is 32.7 Å². The van der Waals surface area contributed by atoms with E-state index < -0.39 is 13.7 Å². The molecule has 0 rings (SSSR count). The quantitative estimate of drug-likeness (QED) is 0.0274. The van der Waals surface area contributed by atoms with Gasteiger partial charge in [-0.3, -0.25) is 14.2 Å². The lowest BCUT2D eigenvalue weighted by Gasteiger charge is -2.20. The van der Waals surface area contributed by atoms with Crippen LogP contribution in [0.5, 0.6) is 0 Å². The van der Waals surface area contributed by atoms with Crippen molar-refractivity contribution in [2.24, 2.45) is 0 Å². The molecule has 0 aliphatic heterocycles. The first-order valence-electron chi connectivity index (χ1n) is 20.3. The van der Waals surface area contributed by atoms with Crippen LogP contribution < -0.4 is 0 Å². The topological polar surface area (TPSA) is 88.1 Å². The van der Waals surface area contributed by atoms with E-state index in [4.69, 9.17) is 18.5 Å². The standard InChI is InChI=1S/C41H77O7P/c1-5-7-9-11-13-15-17-19-21-23-25-27-29-31-33-35-40(42)46-37-39(38-47-49(4,44)45-3)48-41(43)36-34-32-30-28-26-24-22-20-18-16-14-12-10-8-6-2/h19-22,39H,5-18,23-38H2,1-4H3/b21-19-,22-20-/t39-,49?/m1/s1. The molecule has 0 aliphatic carbocycles. The molecule has 0 heterocycles. The Morgan fingerprint density at radius 1 is 0.531 bits per heavy atom. The molecule has 0 saturated carbocycles. The number of ether oxygens (including phenoxy) is 2. The van der Waals surface area contributed by atoms with Gasteiger partial charge in [0.2, 0.25) is 0 Å². The molecule has 49 heavy (non-hydrogen) atoms. The highest BCUT2D eigenvalue weighted by Crippen LogP contribution is 2.42. The molecule has 0 N–H and O–H groups in total. The highest BCUT2D eigenvalue weighted by atomic mass is 31.2. The van der Waals surface area contributed by atoms with Gasteiger partial charge in [0.1, 0.15) is 6.61 Å². The van der Waals surface area contributed by atoms with Gasteiger partial charge in [-0.1, -0.05) is 141 Å². The number of unbranched alkanes of at least 4 members (excludes halogenated alkanes) is 22. The van der Waals surface area contributed by atoms with Crippen LogP contribution >= 0.6 is 7.60 Å². The van der Waals surface area contributed by atoms with E-state index in [9.17, 15) is 14.2 Å². The lowest BCUT2D eigenvalue weighted by atomic mass is 10.1. The first kappa shape index (κ1) is 47.6. The number of carbonyl (C=O) groups is 2. The first-order chi connectivity index (χ1) is 23.8. The summed E-state index contributed by atoms with van der Waals surface area (Å²) in [6.07, 6.45) is 40.2. The minimum atomic E-state index is -3.26. The van der Waals surface area contributed by atoms with Crippen LogP contribution in [-0.2, 0) is 32.7 Å². The molecular formula is C41H77O7P. The molecule has 0 bridgehead atoms. The fraction of sp³-hybridized carbons (Fsp3) is 0.854. The van der Waals surface area contributed by atoms with E-state index in [0.29, 0.717) is 12.8 Å². The van der Waals surface area contributed by atoms with Gasteiger partial charge < -0.3 is 18.5 Å². The second-order valence-corrected chi connectivity index (χ2v) is 15.9. The molecule has 1 unspecified atom stereocenters. The average molecular weight is 713 g/mol. The van der Waals surface area contributed by atoms with Crippen molar-refractivity contribution in [1.29, 1.82) is 0 Å². The molecule has 0 amide bonds. The van der Waals surface area contributed by atoms with Crippen molar-refractivity contribution in [3.63, 3.8) is 0 Å².